The second-order valence-corrected chi connectivity index (χ2v) is 3.93. The first kappa shape index (κ1) is 13.8. The fourth-order valence-electron chi connectivity index (χ4n) is 1.55. The highest BCUT2D eigenvalue weighted by atomic mass is 16.5. The second kappa shape index (κ2) is 6.50. The highest BCUT2D eigenvalue weighted by molar-refractivity contribution is 5.39. The Kier molecular flexibility index (Phi) is 4.47. The average molecular weight is 270 g/mol. The van der Waals surface area contributed by atoms with Crippen LogP contribution in [-0.2, 0) is 11.3 Å². The van der Waals surface area contributed by atoms with Crippen molar-refractivity contribution < 1.29 is 9.47 Å². The van der Waals surface area contributed by atoms with Crippen molar-refractivity contribution in [1.29, 1.82) is 5.26 Å². The van der Waals surface area contributed by atoms with Crippen LogP contribution in [0.1, 0.15) is 18.3 Å². The van der Waals surface area contributed by atoms with Crippen LogP contribution in [0.25, 0.3) is 0 Å². The monoisotopic (exact) mass is 270 g/mol. The van der Waals surface area contributed by atoms with Crippen LogP contribution in [0.3, 0.4) is 0 Å². The average Bonchev–Trinajstić information content (AvgIpc) is 2.44. The van der Waals surface area contributed by atoms with Crippen LogP contribution >= 0.6 is 0 Å². The van der Waals surface area contributed by atoms with E-state index in [0.29, 0.717) is 35.4 Å². The van der Waals surface area contributed by atoms with Gasteiger partial charge in [0.05, 0.1) is 11.6 Å². The maximum absolute atomic E-state index is 8.85. The number of rotatable bonds is 5. The molecule has 6 heteroatoms. The number of nitrogens with two attached hydrogens (primary N) is 1. The molecule has 1 aromatic carbocycles. The molecule has 1 heterocycles. The summed E-state index contributed by atoms with van der Waals surface area (Å²) in [6.45, 7) is 2.73. The van der Waals surface area contributed by atoms with Crippen molar-refractivity contribution in [2.24, 2.45) is 0 Å². The number of benzene rings is 1. The van der Waals surface area contributed by atoms with E-state index in [0.717, 1.165) is 0 Å². The first-order valence-corrected chi connectivity index (χ1v) is 6.10. The smallest absolute Gasteiger partial charge is 0.224 e. The summed E-state index contributed by atoms with van der Waals surface area (Å²) >= 11 is 0. The predicted octanol–water partition coefficient (Wildman–Crippen LogP) is 2.26. The van der Waals surface area contributed by atoms with E-state index in [1.807, 2.05) is 13.0 Å². The summed E-state index contributed by atoms with van der Waals surface area (Å²) in [5.74, 6) is 1.60. The molecule has 0 saturated heterocycles. The van der Waals surface area contributed by atoms with Gasteiger partial charge in [-0.05, 0) is 25.1 Å². The Bertz CT molecular complexity index is 637. The third kappa shape index (κ3) is 3.67. The van der Waals surface area contributed by atoms with E-state index in [1.54, 1.807) is 24.3 Å². The Hall–Kier alpha value is -2.65. The molecule has 102 valence electrons. The molecule has 0 amide bonds. The van der Waals surface area contributed by atoms with Crippen LogP contribution in [0.15, 0.2) is 30.3 Å². The van der Waals surface area contributed by atoms with Crippen LogP contribution in [0.2, 0.25) is 0 Å². The summed E-state index contributed by atoms with van der Waals surface area (Å²) in [5.41, 5.74) is 6.21. The number of aromatic nitrogens is 2. The number of anilines is 1. The molecule has 2 N–H and O–H groups in total. The van der Waals surface area contributed by atoms with Gasteiger partial charge in [0, 0.05) is 12.7 Å². The summed E-state index contributed by atoms with van der Waals surface area (Å²) in [7, 11) is 0. The minimum absolute atomic E-state index is 0.274. The van der Waals surface area contributed by atoms with Crippen LogP contribution in [0, 0.1) is 11.3 Å². The summed E-state index contributed by atoms with van der Waals surface area (Å²) in [4.78, 5) is 8.26. The number of hydrogen-bond acceptors (Lipinski definition) is 6. The van der Waals surface area contributed by atoms with E-state index in [2.05, 4.69) is 9.97 Å². The second-order valence-electron chi connectivity index (χ2n) is 3.93. The molecule has 0 aliphatic rings. The Morgan fingerprint density at radius 2 is 2.15 bits per heavy atom. The molecule has 0 radical (unpaired) electrons. The third-order valence-electron chi connectivity index (χ3n) is 2.39. The lowest BCUT2D eigenvalue weighted by Crippen LogP contribution is -2.03. The van der Waals surface area contributed by atoms with E-state index in [4.69, 9.17) is 20.5 Å². The Morgan fingerprint density at radius 3 is 2.90 bits per heavy atom. The van der Waals surface area contributed by atoms with E-state index < -0.39 is 0 Å². The number of nitriles is 1. The van der Waals surface area contributed by atoms with Crippen molar-refractivity contribution in [3.63, 3.8) is 0 Å². The fourth-order valence-corrected chi connectivity index (χ4v) is 1.55. The number of nitrogen functional groups attached to an aromatic ring is 1. The van der Waals surface area contributed by atoms with E-state index in [9.17, 15) is 0 Å². The Labute approximate surface area is 116 Å². The molecule has 0 spiro atoms. The SMILES string of the molecule is CCOCc1nc(N)cc(Oc2cccc(C#N)c2)n1. The largest absolute Gasteiger partial charge is 0.439 e. The maximum atomic E-state index is 8.85. The van der Waals surface area contributed by atoms with Crippen molar-refractivity contribution in [3.05, 3.63) is 41.7 Å². The summed E-state index contributed by atoms with van der Waals surface area (Å²) in [6, 6.07) is 10.4. The van der Waals surface area contributed by atoms with Crippen LogP contribution in [0.4, 0.5) is 5.82 Å². The van der Waals surface area contributed by atoms with Crippen LogP contribution < -0.4 is 10.5 Å². The highest BCUT2D eigenvalue weighted by Gasteiger charge is 2.05. The zero-order valence-corrected chi connectivity index (χ0v) is 11.0. The van der Waals surface area contributed by atoms with Gasteiger partial charge in [0.2, 0.25) is 5.88 Å². The molecular formula is C14H14N4O2. The Morgan fingerprint density at radius 1 is 1.30 bits per heavy atom. The minimum Gasteiger partial charge on any atom is -0.439 e. The summed E-state index contributed by atoms with van der Waals surface area (Å²) < 4.78 is 10.8. The molecule has 1 aromatic heterocycles. The number of nitrogens with zero attached hydrogens (tertiary/aromatic N) is 3. The molecule has 0 aliphatic heterocycles. The molecule has 0 atom stereocenters. The van der Waals surface area contributed by atoms with Gasteiger partial charge in [-0.3, -0.25) is 0 Å². The van der Waals surface area contributed by atoms with Gasteiger partial charge in [-0.1, -0.05) is 6.07 Å². The van der Waals surface area contributed by atoms with Gasteiger partial charge >= 0.3 is 0 Å². The predicted molar refractivity (Wildman–Crippen MR) is 73.0 cm³/mol. The minimum atomic E-state index is 0.274. The molecule has 0 aliphatic carbocycles. The van der Waals surface area contributed by atoms with Gasteiger partial charge in [-0.25, -0.2) is 4.98 Å². The molecule has 2 rings (SSSR count). The van der Waals surface area contributed by atoms with Crippen molar-refractivity contribution in [1.82, 2.24) is 9.97 Å². The molecule has 0 saturated carbocycles. The van der Waals surface area contributed by atoms with E-state index in [1.165, 1.54) is 6.07 Å². The topological polar surface area (TPSA) is 94.0 Å². The van der Waals surface area contributed by atoms with Gasteiger partial charge in [0.1, 0.15) is 18.2 Å². The maximum Gasteiger partial charge on any atom is 0.224 e. The molecule has 0 bridgehead atoms. The first-order valence-electron chi connectivity index (χ1n) is 6.10. The normalized spacial score (nSPS) is 10.0. The van der Waals surface area contributed by atoms with Gasteiger partial charge in [0.15, 0.2) is 5.82 Å². The molecule has 2 aromatic rings. The summed E-state index contributed by atoms with van der Waals surface area (Å²) in [5, 5.41) is 8.85. The van der Waals surface area contributed by atoms with Crippen molar-refractivity contribution >= 4 is 5.82 Å². The lowest BCUT2D eigenvalue weighted by molar-refractivity contribution is 0.128. The zero-order chi connectivity index (χ0) is 14.4. The molecule has 6 nitrogen and oxygen atoms in total. The highest BCUT2D eigenvalue weighted by Crippen LogP contribution is 2.21. The Balaban J connectivity index is 2.20. The van der Waals surface area contributed by atoms with Gasteiger partial charge < -0.3 is 15.2 Å². The van der Waals surface area contributed by atoms with Gasteiger partial charge in [-0.15, -0.1) is 0 Å². The summed E-state index contributed by atoms with van der Waals surface area (Å²) in [6.07, 6.45) is 0. The third-order valence-corrected chi connectivity index (χ3v) is 2.39. The number of hydrogen-bond donors (Lipinski definition) is 1. The van der Waals surface area contributed by atoms with Crippen LogP contribution in [-0.4, -0.2) is 16.6 Å². The fraction of sp³-hybridized carbons (Fsp3) is 0.214. The van der Waals surface area contributed by atoms with E-state index in [-0.39, 0.29) is 6.61 Å². The zero-order valence-electron chi connectivity index (χ0n) is 11.0. The lowest BCUT2D eigenvalue weighted by Gasteiger charge is -2.07. The van der Waals surface area contributed by atoms with E-state index >= 15 is 0 Å². The molecule has 0 fully saturated rings. The van der Waals surface area contributed by atoms with Gasteiger partial charge in [0.25, 0.3) is 0 Å². The number of ether oxygens (including phenoxy) is 2. The van der Waals surface area contributed by atoms with Crippen molar-refractivity contribution in [2.45, 2.75) is 13.5 Å². The van der Waals surface area contributed by atoms with Crippen molar-refractivity contribution in [3.8, 4) is 17.7 Å². The standard InChI is InChI=1S/C14H14N4O2/c1-2-19-9-13-17-12(16)7-14(18-13)20-11-5-3-4-10(6-11)8-15/h3-7H,2,9H2,1H3,(H2,16,17,18). The molecule has 0 unspecified atom stereocenters. The quantitative estimate of drug-likeness (QED) is 0.895. The molecular weight excluding hydrogens is 256 g/mol. The molecule has 20 heavy (non-hydrogen) atoms. The lowest BCUT2D eigenvalue weighted by atomic mass is 10.2. The van der Waals surface area contributed by atoms with Crippen LogP contribution in [0.5, 0.6) is 11.6 Å². The first-order chi connectivity index (χ1) is 9.71. The van der Waals surface area contributed by atoms with Crippen molar-refractivity contribution in [2.75, 3.05) is 12.3 Å². The van der Waals surface area contributed by atoms with Gasteiger partial charge in [-0.2, -0.15) is 10.2 Å².